The molecule has 0 spiro atoms. The van der Waals surface area contributed by atoms with Crippen LogP contribution in [0, 0.1) is 0 Å². The summed E-state index contributed by atoms with van der Waals surface area (Å²) >= 11 is 0. The van der Waals surface area contributed by atoms with Gasteiger partial charge in [0.05, 0.1) is 6.20 Å². The molecule has 3 heterocycles. The molecule has 23 heavy (non-hydrogen) atoms. The Morgan fingerprint density at radius 1 is 1.17 bits per heavy atom. The van der Waals surface area contributed by atoms with Crippen molar-refractivity contribution in [1.29, 1.82) is 0 Å². The summed E-state index contributed by atoms with van der Waals surface area (Å²) in [6.45, 7) is 8.63. The molecule has 0 unspecified atom stereocenters. The number of amides is 1. The zero-order valence-electron chi connectivity index (χ0n) is 13.9. The molecule has 1 fully saturated rings. The van der Waals surface area contributed by atoms with Crippen LogP contribution in [0.15, 0.2) is 24.5 Å². The number of fused-ring (bicyclic) bond motifs is 1. The summed E-state index contributed by atoms with van der Waals surface area (Å²) in [5.41, 5.74) is 0.369. The number of hydrogen-bond donors (Lipinski definition) is 0. The van der Waals surface area contributed by atoms with E-state index in [1.54, 1.807) is 15.6 Å². The van der Waals surface area contributed by atoms with Gasteiger partial charge in [0.1, 0.15) is 11.4 Å². The van der Waals surface area contributed by atoms with Gasteiger partial charge in [0.25, 0.3) is 0 Å². The molecule has 0 aliphatic carbocycles. The fourth-order valence-corrected chi connectivity index (χ4v) is 2.63. The molecular formula is C16H23N5O2. The molecule has 1 saturated heterocycles. The lowest BCUT2D eigenvalue weighted by atomic mass is 10.2. The van der Waals surface area contributed by atoms with Gasteiger partial charge in [-0.25, -0.2) is 14.3 Å². The van der Waals surface area contributed by atoms with Crippen molar-refractivity contribution in [3.05, 3.63) is 24.5 Å². The fraction of sp³-hybridized carbons (Fsp3) is 0.562. The number of rotatable bonds is 1. The van der Waals surface area contributed by atoms with Gasteiger partial charge < -0.3 is 14.5 Å². The summed E-state index contributed by atoms with van der Waals surface area (Å²) in [5, 5.41) is 4.16. The van der Waals surface area contributed by atoms with E-state index in [-0.39, 0.29) is 6.09 Å². The Kier molecular flexibility index (Phi) is 4.11. The second kappa shape index (κ2) is 6.06. The Hall–Kier alpha value is -2.31. The van der Waals surface area contributed by atoms with Crippen molar-refractivity contribution in [1.82, 2.24) is 19.5 Å². The molecule has 7 heteroatoms. The molecule has 2 aromatic heterocycles. The summed E-state index contributed by atoms with van der Waals surface area (Å²) in [5.74, 6) is 0.920. The Labute approximate surface area is 135 Å². The number of carbonyl (C=O) groups excluding carboxylic acids is 1. The smallest absolute Gasteiger partial charge is 0.410 e. The van der Waals surface area contributed by atoms with Gasteiger partial charge in [-0.05, 0) is 33.3 Å². The summed E-state index contributed by atoms with van der Waals surface area (Å²) < 4.78 is 7.21. The van der Waals surface area contributed by atoms with E-state index in [0.717, 1.165) is 31.0 Å². The third-order valence-electron chi connectivity index (χ3n) is 3.71. The van der Waals surface area contributed by atoms with Crippen LogP contribution in [0.2, 0.25) is 0 Å². The van der Waals surface area contributed by atoms with Crippen LogP contribution in [0.5, 0.6) is 0 Å². The average Bonchev–Trinajstić information content (AvgIpc) is 2.79. The van der Waals surface area contributed by atoms with Crippen LogP contribution in [-0.4, -0.2) is 57.4 Å². The van der Waals surface area contributed by atoms with Gasteiger partial charge in [0.2, 0.25) is 0 Å². The van der Waals surface area contributed by atoms with Crippen molar-refractivity contribution in [3.63, 3.8) is 0 Å². The van der Waals surface area contributed by atoms with Crippen LogP contribution in [0.4, 0.5) is 10.6 Å². The van der Waals surface area contributed by atoms with Crippen molar-refractivity contribution in [3.8, 4) is 0 Å². The molecule has 1 aliphatic heterocycles. The molecule has 0 radical (unpaired) electrons. The highest BCUT2D eigenvalue weighted by atomic mass is 16.6. The van der Waals surface area contributed by atoms with Crippen LogP contribution >= 0.6 is 0 Å². The van der Waals surface area contributed by atoms with Crippen LogP contribution < -0.4 is 4.90 Å². The number of carbonyl (C=O) groups is 1. The number of ether oxygens (including phenoxy) is 1. The number of hydrogen-bond acceptors (Lipinski definition) is 5. The second-order valence-corrected chi connectivity index (χ2v) is 6.73. The molecular weight excluding hydrogens is 294 g/mol. The fourth-order valence-electron chi connectivity index (χ4n) is 2.63. The molecule has 0 N–H and O–H groups in total. The molecule has 3 rings (SSSR count). The molecule has 0 bridgehead atoms. The van der Waals surface area contributed by atoms with E-state index in [0.29, 0.717) is 13.1 Å². The van der Waals surface area contributed by atoms with E-state index >= 15 is 0 Å². The zero-order chi connectivity index (χ0) is 16.4. The van der Waals surface area contributed by atoms with Crippen LogP contribution in [0.3, 0.4) is 0 Å². The van der Waals surface area contributed by atoms with Crippen molar-refractivity contribution >= 4 is 17.6 Å². The number of anilines is 1. The Morgan fingerprint density at radius 3 is 2.78 bits per heavy atom. The predicted octanol–water partition coefficient (Wildman–Crippen LogP) is 2.18. The average molecular weight is 317 g/mol. The van der Waals surface area contributed by atoms with Gasteiger partial charge in [-0.1, -0.05) is 0 Å². The van der Waals surface area contributed by atoms with Crippen LogP contribution in [0.25, 0.3) is 5.65 Å². The van der Waals surface area contributed by atoms with Gasteiger partial charge in [0, 0.05) is 38.4 Å². The Bertz CT molecular complexity index is 691. The third kappa shape index (κ3) is 3.72. The quantitative estimate of drug-likeness (QED) is 0.806. The summed E-state index contributed by atoms with van der Waals surface area (Å²) in [6.07, 6.45) is 4.30. The minimum atomic E-state index is -0.461. The lowest BCUT2D eigenvalue weighted by Crippen LogP contribution is -2.39. The van der Waals surface area contributed by atoms with Gasteiger partial charge in [-0.15, -0.1) is 0 Å². The lowest BCUT2D eigenvalue weighted by Gasteiger charge is -2.26. The minimum Gasteiger partial charge on any atom is -0.444 e. The summed E-state index contributed by atoms with van der Waals surface area (Å²) in [6, 6.07) is 3.84. The Balaban J connectivity index is 1.67. The molecule has 7 nitrogen and oxygen atoms in total. The zero-order valence-corrected chi connectivity index (χ0v) is 13.9. The minimum absolute atomic E-state index is 0.237. The topological polar surface area (TPSA) is 63.0 Å². The molecule has 0 atom stereocenters. The normalized spacial score (nSPS) is 16.5. The van der Waals surface area contributed by atoms with Crippen LogP contribution in [-0.2, 0) is 4.74 Å². The van der Waals surface area contributed by atoms with E-state index in [4.69, 9.17) is 4.74 Å². The van der Waals surface area contributed by atoms with Gasteiger partial charge >= 0.3 is 6.09 Å². The van der Waals surface area contributed by atoms with Crippen molar-refractivity contribution in [2.75, 3.05) is 31.1 Å². The van der Waals surface area contributed by atoms with Crippen molar-refractivity contribution in [2.24, 2.45) is 0 Å². The first-order chi connectivity index (χ1) is 10.9. The Morgan fingerprint density at radius 2 is 2.00 bits per heavy atom. The standard InChI is InChI=1S/C16H23N5O2/c1-16(2,3)23-15(22)20-9-4-8-19(11-12-20)13-6-10-21-14(18-13)5-7-17-21/h5-7,10H,4,8-9,11-12H2,1-3H3. The third-order valence-corrected chi connectivity index (χ3v) is 3.71. The molecule has 0 aromatic carbocycles. The molecule has 0 saturated carbocycles. The second-order valence-electron chi connectivity index (χ2n) is 6.73. The molecule has 1 aliphatic rings. The molecule has 124 valence electrons. The van der Waals surface area contributed by atoms with Gasteiger partial charge in [-0.3, -0.25) is 0 Å². The first-order valence-corrected chi connectivity index (χ1v) is 7.96. The van der Waals surface area contributed by atoms with Gasteiger partial charge in [0.15, 0.2) is 5.65 Å². The van der Waals surface area contributed by atoms with Crippen LogP contribution in [0.1, 0.15) is 27.2 Å². The molecule has 2 aromatic rings. The van der Waals surface area contributed by atoms with Gasteiger partial charge in [-0.2, -0.15) is 5.10 Å². The lowest BCUT2D eigenvalue weighted by molar-refractivity contribution is 0.0263. The number of aromatic nitrogens is 3. The van der Waals surface area contributed by atoms with E-state index in [9.17, 15) is 4.79 Å². The van der Waals surface area contributed by atoms with Crippen molar-refractivity contribution in [2.45, 2.75) is 32.8 Å². The highest BCUT2D eigenvalue weighted by molar-refractivity contribution is 5.68. The summed E-state index contributed by atoms with van der Waals surface area (Å²) in [7, 11) is 0. The van der Waals surface area contributed by atoms with E-state index < -0.39 is 5.60 Å². The van der Waals surface area contributed by atoms with E-state index in [1.165, 1.54) is 0 Å². The predicted molar refractivity (Wildman–Crippen MR) is 87.6 cm³/mol. The maximum absolute atomic E-state index is 12.2. The van der Waals surface area contributed by atoms with E-state index in [1.807, 2.05) is 39.1 Å². The van der Waals surface area contributed by atoms with E-state index in [2.05, 4.69) is 15.0 Å². The first kappa shape index (κ1) is 15.6. The number of nitrogens with zero attached hydrogens (tertiary/aromatic N) is 5. The summed E-state index contributed by atoms with van der Waals surface area (Å²) in [4.78, 5) is 20.8. The largest absolute Gasteiger partial charge is 0.444 e. The highest BCUT2D eigenvalue weighted by Gasteiger charge is 2.24. The maximum Gasteiger partial charge on any atom is 0.410 e. The first-order valence-electron chi connectivity index (χ1n) is 7.96. The highest BCUT2D eigenvalue weighted by Crippen LogP contribution is 2.16. The van der Waals surface area contributed by atoms with Crippen molar-refractivity contribution < 1.29 is 9.53 Å². The maximum atomic E-state index is 12.2. The monoisotopic (exact) mass is 317 g/mol. The SMILES string of the molecule is CC(C)(C)OC(=O)N1CCCN(c2ccn3nccc3n2)CC1. The molecule has 1 amide bonds.